The van der Waals surface area contributed by atoms with Crippen LogP contribution in [0, 0.1) is 0 Å². The van der Waals surface area contributed by atoms with Crippen LogP contribution in [0.15, 0.2) is 18.2 Å². The number of benzene rings is 1. The summed E-state index contributed by atoms with van der Waals surface area (Å²) in [6, 6.07) is 5.68. The molecule has 0 radical (unpaired) electrons. The molecule has 1 fully saturated rings. The average Bonchev–Trinajstić information content (AvgIpc) is 2.91. The van der Waals surface area contributed by atoms with Crippen LogP contribution in [0.5, 0.6) is 5.75 Å². The maximum Gasteiger partial charge on any atom is 0.135 e. The minimum Gasteiger partial charge on any atom is -0.497 e. The van der Waals surface area contributed by atoms with Gasteiger partial charge in [0.25, 0.3) is 0 Å². The maximum atomic E-state index is 6.00. The summed E-state index contributed by atoms with van der Waals surface area (Å²) in [5, 5.41) is 4.20. The van der Waals surface area contributed by atoms with E-state index in [-0.39, 0.29) is 0 Å². The lowest BCUT2D eigenvalue weighted by Gasteiger charge is -2.10. The first-order valence-corrected chi connectivity index (χ1v) is 6.10. The number of aromatic nitrogens is 2. The van der Waals surface area contributed by atoms with E-state index in [0.717, 1.165) is 42.0 Å². The normalized spacial score (nSPS) is 19.3. The molecule has 18 heavy (non-hydrogen) atoms. The highest BCUT2D eigenvalue weighted by atomic mass is 16.5. The fraction of sp³-hybridized carbons (Fsp3) is 0.385. The van der Waals surface area contributed by atoms with E-state index in [1.165, 1.54) is 0 Å². The third kappa shape index (κ3) is 1.86. The van der Waals surface area contributed by atoms with Crippen LogP contribution in [-0.4, -0.2) is 30.2 Å². The maximum absolute atomic E-state index is 6.00. The number of methoxy groups -OCH3 is 1. The highest BCUT2D eigenvalue weighted by molar-refractivity contribution is 5.88. The van der Waals surface area contributed by atoms with Crippen molar-refractivity contribution >= 4 is 16.7 Å². The zero-order valence-corrected chi connectivity index (χ0v) is 10.3. The van der Waals surface area contributed by atoms with E-state index in [1.54, 1.807) is 7.11 Å². The Kier molecular flexibility index (Phi) is 2.76. The molecule has 94 valence electrons. The Morgan fingerprint density at radius 1 is 1.39 bits per heavy atom. The first-order chi connectivity index (χ1) is 8.78. The second-order valence-electron chi connectivity index (χ2n) is 4.54. The number of nitrogens with zero attached hydrogens (tertiary/aromatic N) is 2. The molecule has 2 heterocycles. The van der Waals surface area contributed by atoms with Crippen molar-refractivity contribution in [2.45, 2.75) is 12.3 Å². The Bertz CT molecular complexity index is 578. The van der Waals surface area contributed by atoms with Crippen LogP contribution < -0.4 is 15.8 Å². The van der Waals surface area contributed by atoms with E-state index < -0.39 is 0 Å². The smallest absolute Gasteiger partial charge is 0.135 e. The Morgan fingerprint density at radius 2 is 2.28 bits per heavy atom. The van der Waals surface area contributed by atoms with Gasteiger partial charge in [-0.1, -0.05) is 0 Å². The van der Waals surface area contributed by atoms with Gasteiger partial charge in [-0.15, -0.1) is 0 Å². The molecular formula is C13H16N4O. The van der Waals surface area contributed by atoms with E-state index in [1.807, 2.05) is 18.2 Å². The standard InChI is InChI=1S/C13H16N4O/c1-18-9-2-3-10-11(6-9)16-13(17-12(10)14)8-4-5-15-7-8/h2-3,6,8,15H,4-5,7H2,1H3,(H2,14,16,17). The van der Waals surface area contributed by atoms with Crippen molar-refractivity contribution < 1.29 is 4.74 Å². The van der Waals surface area contributed by atoms with Crippen molar-refractivity contribution in [2.75, 3.05) is 25.9 Å². The van der Waals surface area contributed by atoms with E-state index in [9.17, 15) is 0 Å². The van der Waals surface area contributed by atoms with E-state index in [4.69, 9.17) is 10.5 Å². The minimum atomic E-state index is 0.364. The summed E-state index contributed by atoms with van der Waals surface area (Å²) in [6.45, 7) is 1.94. The van der Waals surface area contributed by atoms with Crippen molar-refractivity contribution in [2.24, 2.45) is 0 Å². The first kappa shape index (κ1) is 11.2. The number of rotatable bonds is 2. The van der Waals surface area contributed by atoms with Crippen LogP contribution in [0.2, 0.25) is 0 Å². The molecule has 1 atom stereocenters. The second-order valence-corrected chi connectivity index (χ2v) is 4.54. The molecule has 3 rings (SSSR count). The molecule has 1 unspecified atom stereocenters. The van der Waals surface area contributed by atoms with Crippen LogP contribution in [0.3, 0.4) is 0 Å². The number of hydrogen-bond donors (Lipinski definition) is 2. The fourth-order valence-electron chi connectivity index (χ4n) is 2.34. The summed E-state index contributed by atoms with van der Waals surface area (Å²) >= 11 is 0. The highest BCUT2D eigenvalue weighted by Crippen LogP contribution is 2.26. The van der Waals surface area contributed by atoms with Gasteiger partial charge in [-0.25, -0.2) is 9.97 Å². The van der Waals surface area contributed by atoms with Crippen molar-refractivity contribution in [1.82, 2.24) is 15.3 Å². The van der Waals surface area contributed by atoms with Gasteiger partial charge in [0.05, 0.1) is 12.6 Å². The Labute approximate surface area is 105 Å². The summed E-state index contributed by atoms with van der Waals surface area (Å²) < 4.78 is 5.21. The molecule has 5 heteroatoms. The lowest BCUT2D eigenvalue weighted by atomic mass is 10.1. The summed E-state index contributed by atoms with van der Waals surface area (Å²) in [6.07, 6.45) is 1.06. The zero-order valence-electron chi connectivity index (χ0n) is 10.3. The summed E-state index contributed by atoms with van der Waals surface area (Å²) in [5.74, 6) is 2.53. The molecule has 1 aliphatic rings. The predicted octanol–water partition coefficient (Wildman–Crippen LogP) is 1.30. The minimum absolute atomic E-state index is 0.364. The molecule has 0 saturated carbocycles. The van der Waals surface area contributed by atoms with Crippen LogP contribution in [0.25, 0.3) is 10.9 Å². The molecule has 1 aromatic carbocycles. The molecule has 0 aliphatic carbocycles. The molecule has 0 spiro atoms. The van der Waals surface area contributed by atoms with Crippen molar-refractivity contribution in [3.05, 3.63) is 24.0 Å². The van der Waals surface area contributed by atoms with Crippen LogP contribution in [0.1, 0.15) is 18.2 Å². The lowest BCUT2D eigenvalue weighted by molar-refractivity contribution is 0.415. The van der Waals surface area contributed by atoms with E-state index in [0.29, 0.717) is 11.7 Å². The lowest BCUT2D eigenvalue weighted by Crippen LogP contribution is -2.11. The molecule has 3 N–H and O–H groups in total. The Balaban J connectivity index is 2.11. The van der Waals surface area contributed by atoms with Gasteiger partial charge in [0.1, 0.15) is 17.4 Å². The number of fused-ring (bicyclic) bond motifs is 1. The Hall–Kier alpha value is -1.88. The Morgan fingerprint density at radius 3 is 3.00 bits per heavy atom. The van der Waals surface area contributed by atoms with Crippen molar-refractivity contribution in [1.29, 1.82) is 0 Å². The molecule has 2 aromatic rings. The highest BCUT2D eigenvalue weighted by Gasteiger charge is 2.20. The van der Waals surface area contributed by atoms with Gasteiger partial charge in [-0.05, 0) is 25.1 Å². The summed E-state index contributed by atoms with van der Waals surface area (Å²) in [7, 11) is 1.65. The number of nitrogens with one attached hydrogen (secondary N) is 1. The van der Waals surface area contributed by atoms with Gasteiger partial charge in [-0.2, -0.15) is 0 Å². The number of hydrogen-bond acceptors (Lipinski definition) is 5. The van der Waals surface area contributed by atoms with Gasteiger partial charge < -0.3 is 15.8 Å². The largest absolute Gasteiger partial charge is 0.497 e. The summed E-state index contributed by atoms with van der Waals surface area (Å²) in [4.78, 5) is 9.04. The number of nitrogen functional groups attached to an aromatic ring is 1. The predicted molar refractivity (Wildman–Crippen MR) is 70.7 cm³/mol. The number of nitrogens with two attached hydrogens (primary N) is 1. The monoisotopic (exact) mass is 244 g/mol. The van der Waals surface area contributed by atoms with Gasteiger partial charge in [0.2, 0.25) is 0 Å². The molecular weight excluding hydrogens is 228 g/mol. The SMILES string of the molecule is COc1ccc2c(N)nc(C3CCNC3)nc2c1. The molecule has 5 nitrogen and oxygen atoms in total. The summed E-state index contributed by atoms with van der Waals surface area (Å²) in [5.41, 5.74) is 6.85. The number of anilines is 1. The van der Waals surface area contributed by atoms with Gasteiger partial charge in [0, 0.05) is 23.9 Å². The topological polar surface area (TPSA) is 73.1 Å². The quantitative estimate of drug-likeness (QED) is 0.833. The van der Waals surface area contributed by atoms with E-state index in [2.05, 4.69) is 15.3 Å². The van der Waals surface area contributed by atoms with Gasteiger partial charge in [-0.3, -0.25) is 0 Å². The molecule has 1 aromatic heterocycles. The van der Waals surface area contributed by atoms with Gasteiger partial charge >= 0.3 is 0 Å². The second kappa shape index (κ2) is 4.42. The van der Waals surface area contributed by atoms with Crippen molar-refractivity contribution in [3.8, 4) is 5.75 Å². The average molecular weight is 244 g/mol. The zero-order chi connectivity index (χ0) is 12.5. The number of ether oxygens (including phenoxy) is 1. The van der Waals surface area contributed by atoms with Gasteiger partial charge in [0.15, 0.2) is 0 Å². The third-order valence-electron chi connectivity index (χ3n) is 3.38. The third-order valence-corrected chi connectivity index (χ3v) is 3.38. The van der Waals surface area contributed by atoms with Crippen LogP contribution in [0.4, 0.5) is 5.82 Å². The van der Waals surface area contributed by atoms with E-state index >= 15 is 0 Å². The first-order valence-electron chi connectivity index (χ1n) is 6.10. The molecule has 0 bridgehead atoms. The van der Waals surface area contributed by atoms with Crippen LogP contribution in [-0.2, 0) is 0 Å². The molecule has 1 saturated heterocycles. The molecule has 0 amide bonds. The molecule has 1 aliphatic heterocycles. The fourth-order valence-corrected chi connectivity index (χ4v) is 2.34. The van der Waals surface area contributed by atoms with Crippen molar-refractivity contribution in [3.63, 3.8) is 0 Å². The van der Waals surface area contributed by atoms with Crippen LogP contribution >= 0.6 is 0 Å².